The van der Waals surface area contributed by atoms with E-state index >= 15 is 0 Å². The van der Waals surface area contributed by atoms with Crippen LogP contribution < -0.4 is 0 Å². The van der Waals surface area contributed by atoms with E-state index < -0.39 is 0 Å². The Morgan fingerprint density at radius 1 is 1.42 bits per heavy atom. The molecule has 1 heterocycles. The second-order valence-electron chi connectivity index (χ2n) is 3.32. The van der Waals surface area contributed by atoms with Crippen molar-refractivity contribution in [2.24, 2.45) is 0 Å². The van der Waals surface area contributed by atoms with E-state index in [0.29, 0.717) is 6.04 Å². The SMILES string of the molecule is Cc1nn(C(C)C)c(C)c1CBr. The highest BCUT2D eigenvalue weighted by atomic mass is 79.9. The standard InChI is InChI=1S/C9H15BrN2/c1-6(2)12-8(4)9(5-10)7(3)11-12/h6H,5H2,1-4H3. The first-order valence-electron chi connectivity index (χ1n) is 4.18. The number of hydrogen-bond acceptors (Lipinski definition) is 1. The van der Waals surface area contributed by atoms with Crippen LogP contribution in [0.4, 0.5) is 0 Å². The third-order valence-corrected chi connectivity index (χ3v) is 2.66. The van der Waals surface area contributed by atoms with Gasteiger partial charge in [0.25, 0.3) is 0 Å². The average Bonchev–Trinajstić information content (AvgIpc) is 2.27. The quantitative estimate of drug-likeness (QED) is 0.715. The van der Waals surface area contributed by atoms with Crippen molar-refractivity contribution in [2.45, 2.75) is 39.1 Å². The maximum atomic E-state index is 4.47. The summed E-state index contributed by atoms with van der Waals surface area (Å²) < 4.78 is 2.08. The zero-order valence-corrected chi connectivity index (χ0v) is 9.64. The fourth-order valence-electron chi connectivity index (χ4n) is 1.39. The molecule has 0 aromatic carbocycles. The monoisotopic (exact) mass is 230 g/mol. The molecule has 1 rings (SSSR count). The maximum Gasteiger partial charge on any atom is 0.0637 e. The molecule has 0 aliphatic carbocycles. The molecule has 12 heavy (non-hydrogen) atoms. The van der Waals surface area contributed by atoms with Gasteiger partial charge in [0.1, 0.15) is 0 Å². The van der Waals surface area contributed by atoms with Crippen LogP contribution in [-0.2, 0) is 5.33 Å². The molecule has 0 amide bonds. The van der Waals surface area contributed by atoms with Crippen molar-refractivity contribution in [1.29, 1.82) is 0 Å². The van der Waals surface area contributed by atoms with E-state index in [1.165, 1.54) is 11.3 Å². The van der Waals surface area contributed by atoms with E-state index in [0.717, 1.165) is 11.0 Å². The molecule has 0 N–H and O–H groups in total. The van der Waals surface area contributed by atoms with Gasteiger partial charge in [0, 0.05) is 22.6 Å². The number of aromatic nitrogens is 2. The summed E-state index contributed by atoms with van der Waals surface area (Å²) in [6.07, 6.45) is 0. The molecule has 0 unspecified atom stereocenters. The van der Waals surface area contributed by atoms with E-state index in [1.807, 2.05) is 0 Å². The third-order valence-electron chi connectivity index (χ3n) is 2.10. The Morgan fingerprint density at radius 3 is 2.25 bits per heavy atom. The van der Waals surface area contributed by atoms with E-state index in [9.17, 15) is 0 Å². The van der Waals surface area contributed by atoms with Crippen LogP contribution in [-0.4, -0.2) is 9.78 Å². The van der Waals surface area contributed by atoms with Gasteiger partial charge in [-0.2, -0.15) is 5.10 Å². The predicted octanol–water partition coefficient (Wildman–Crippen LogP) is 2.98. The Hall–Kier alpha value is -0.310. The van der Waals surface area contributed by atoms with E-state index in [2.05, 4.69) is 53.4 Å². The van der Waals surface area contributed by atoms with Crippen LogP contribution in [0.5, 0.6) is 0 Å². The summed E-state index contributed by atoms with van der Waals surface area (Å²) in [5.41, 5.74) is 3.74. The normalized spacial score (nSPS) is 11.2. The molecular formula is C9H15BrN2. The lowest BCUT2D eigenvalue weighted by molar-refractivity contribution is 0.516. The van der Waals surface area contributed by atoms with E-state index in [4.69, 9.17) is 0 Å². The van der Waals surface area contributed by atoms with Gasteiger partial charge in [-0.15, -0.1) is 0 Å². The molecule has 0 aliphatic rings. The highest BCUT2D eigenvalue weighted by molar-refractivity contribution is 9.08. The first kappa shape index (κ1) is 9.78. The lowest BCUT2D eigenvalue weighted by Crippen LogP contribution is -2.04. The largest absolute Gasteiger partial charge is 0.267 e. The molecule has 0 aliphatic heterocycles. The first-order valence-corrected chi connectivity index (χ1v) is 5.30. The number of alkyl halides is 1. The Morgan fingerprint density at radius 2 is 2.00 bits per heavy atom. The fourth-order valence-corrected chi connectivity index (χ4v) is 2.20. The van der Waals surface area contributed by atoms with Gasteiger partial charge in [0.05, 0.1) is 5.69 Å². The highest BCUT2D eigenvalue weighted by Crippen LogP contribution is 2.19. The molecule has 0 atom stereocenters. The Bertz CT molecular complexity index is 276. The number of aryl methyl sites for hydroxylation is 1. The summed E-state index contributed by atoms with van der Waals surface area (Å²) in [7, 11) is 0. The lowest BCUT2D eigenvalue weighted by Gasteiger charge is -2.07. The van der Waals surface area contributed by atoms with Crippen LogP contribution in [0.15, 0.2) is 0 Å². The summed E-state index contributed by atoms with van der Waals surface area (Å²) >= 11 is 3.47. The van der Waals surface area contributed by atoms with Crippen LogP contribution in [0.1, 0.15) is 36.8 Å². The van der Waals surface area contributed by atoms with Crippen molar-refractivity contribution in [2.75, 3.05) is 0 Å². The molecule has 0 fully saturated rings. The van der Waals surface area contributed by atoms with Crippen molar-refractivity contribution < 1.29 is 0 Å². The number of nitrogens with zero attached hydrogens (tertiary/aromatic N) is 2. The van der Waals surface area contributed by atoms with E-state index in [1.54, 1.807) is 0 Å². The van der Waals surface area contributed by atoms with Crippen molar-refractivity contribution in [3.05, 3.63) is 17.0 Å². The van der Waals surface area contributed by atoms with Crippen LogP contribution in [0.3, 0.4) is 0 Å². The van der Waals surface area contributed by atoms with Crippen molar-refractivity contribution in [3.63, 3.8) is 0 Å². The summed E-state index contributed by atoms with van der Waals surface area (Å²) in [6.45, 7) is 8.48. The minimum absolute atomic E-state index is 0.455. The van der Waals surface area contributed by atoms with E-state index in [-0.39, 0.29) is 0 Å². The molecule has 0 saturated carbocycles. The average molecular weight is 231 g/mol. The topological polar surface area (TPSA) is 17.8 Å². The summed E-state index contributed by atoms with van der Waals surface area (Å²) in [5.74, 6) is 0. The van der Waals surface area contributed by atoms with Crippen molar-refractivity contribution in [3.8, 4) is 0 Å². The minimum atomic E-state index is 0.455. The Balaban J connectivity index is 3.17. The first-order chi connectivity index (χ1) is 5.57. The zero-order chi connectivity index (χ0) is 9.30. The van der Waals surface area contributed by atoms with Gasteiger partial charge < -0.3 is 0 Å². The zero-order valence-electron chi connectivity index (χ0n) is 8.06. The van der Waals surface area contributed by atoms with Crippen LogP contribution in [0.25, 0.3) is 0 Å². The molecule has 68 valence electrons. The van der Waals surface area contributed by atoms with Crippen LogP contribution in [0, 0.1) is 13.8 Å². The molecule has 0 saturated heterocycles. The predicted molar refractivity (Wildman–Crippen MR) is 54.7 cm³/mol. The van der Waals surface area contributed by atoms with Gasteiger partial charge in [-0.3, -0.25) is 4.68 Å². The molecule has 0 radical (unpaired) electrons. The molecule has 2 nitrogen and oxygen atoms in total. The Kier molecular flexibility index (Phi) is 2.94. The Labute approximate surface area is 82.1 Å². The third kappa shape index (κ3) is 1.56. The molecular weight excluding hydrogens is 216 g/mol. The summed E-state index contributed by atoms with van der Waals surface area (Å²) in [5, 5.41) is 5.37. The number of rotatable bonds is 2. The van der Waals surface area contributed by atoms with Gasteiger partial charge in [0.2, 0.25) is 0 Å². The number of hydrogen-bond donors (Lipinski definition) is 0. The number of halogens is 1. The molecule has 1 aromatic rings. The van der Waals surface area contributed by atoms with Gasteiger partial charge in [-0.25, -0.2) is 0 Å². The second-order valence-corrected chi connectivity index (χ2v) is 3.88. The molecule has 0 bridgehead atoms. The van der Waals surface area contributed by atoms with Crippen molar-refractivity contribution >= 4 is 15.9 Å². The lowest BCUT2D eigenvalue weighted by atomic mass is 10.2. The minimum Gasteiger partial charge on any atom is -0.267 e. The molecule has 1 aromatic heterocycles. The maximum absolute atomic E-state index is 4.47. The fraction of sp³-hybridized carbons (Fsp3) is 0.667. The molecule has 0 spiro atoms. The smallest absolute Gasteiger partial charge is 0.0637 e. The van der Waals surface area contributed by atoms with Crippen LogP contribution in [0.2, 0.25) is 0 Å². The molecule has 3 heteroatoms. The van der Waals surface area contributed by atoms with Gasteiger partial charge in [0.15, 0.2) is 0 Å². The second kappa shape index (κ2) is 3.60. The van der Waals surface area contributed by atoms with Gasteiger partial charge in [-0.1, -0.05) is 15.9 Å². The highest BCUT2D eigenvalue weighted by Gasteiger charge is 2.11. The van der Waals surface area contributed by atoms with Gasteiger partial charge in [-0.05, 0) is 27.7 Å². The summed E-state index contributed by atoms with van der Waals surface area (Å²) in [4.78, 5) is 0. The summed E-state index contributed by atoms with van der Waals surface area (Å²) in [6, 6.07) is 0.455. The van der Waals surface area contributed by atoms with Crippen molar-refractivity contribution in [1.82, 2.24) is 9.78 Å². The van der Waals surface area contributed by atoms with Gasteiger partial charge >= 0.3 is 0 Å². The van der Waals surface area contributed by atoms with Crippen LogP contribution >= 0.6 is 15.9 Å².